The van der Waals surface area contributed by atoms with Crippen LogP contribution in [0, 0.1) is 11.6 Å². The molecule has 0 spiro atoms. The average molecular weight is 345 g/mol. The molecule has 1 heterocycles. The van der Waals surface area contributed by atoms with Gasteiger partial charge in [-0.15, -0.1) is 5.10 Å². The molecule has 0 fully saturated rings. The van der Waals surface area contributed by atoms with Gasteiger partial charge in [-0.1, -0.05) is 5.21 Å². The van der Waals surface area contributed by atoms with Crippen LogP contribution >= 0.6 is 15.9 Å². The van der Waals surface area contributed by atoms with E-state index < -0.39 is 11.6 Å². The number of aromatic nitrogens is 3. The summed E-state index contributed by atoms with van der Waals surface area (Å²) in [5.74, 6) is -1.34. The molecule has 2 aromatic rings. The molecule has 108 valence electrons. The van der Waals surface area contributed by atoms with Gasteiger partial charge in [0.25, 0.3) is 0 Å². The van der Waals surface area contributed by atoms with E-state index in [1.165, 1.54) is 10.7 Å². The molecule has 7 heteroatoms. The lowest BCUT2D eigenvalue weighted by molar-refractivity contribution is 0.417. The summed E-state index contributed by atoms with van der Waals surface area (Å²) in [6, 6.07) is 2.02. The topological polar surface area (TPSA) is 42.7 Å². The number of nitrogens with one attached hydrogen (secondary N) is 1. The fraction of sp³-hybridized carbons (Fsp3) is 0.385. The summed E-state index contributed by atoms with van der Waals surface area (Å²) in [5.41, 5.74) is 0.744. The highest BCUT2D eigenvalue weighted by Crippen LogP contribution is 2.26. The summed E-state index contributed by atoms with van der Waals surface area (Å²) in [5, 5.41) is 10.9. The first-order valence-corrected chi connectivity index (χ1v) is 6.87. The number of halogens is 3. The molecular weight excluding hydrogens is 330 g/mol. The Morgan fingerprint density at radius 3 is 2.60 bits per heavy atom. The Bertz CT molecular complexity index is 596. The van der Waals surface area contributed by atoms with Gasteiger partial charge < -0.3 is 5.32 Å². The minimum atomic E-state index is -0.695. The molecule has 0 amide bonds. The first-order chi connectivity index (χ1) is 9.28. The number of hydrogen-bond acceptors (Lipinski definition) is 3. The van der Waals surface area contributed by atoms with Crippen LogP contribution in [0.3, 0.4) is 0 Å². The van der Waals surface area contributed by atoms with Crippen LogP contribution in [-0.4, -0.2) is 20.5 Å². The predicted octanol–water partition coefficient (Wildman–Crippen LogP) is 3.20. The Labute approximate surface area is 124 Å². The van der Waals surface area contributed by atoms with Gasteiger partial charge in [-0.3, -0.25) is 0 Å². The average Bonchev–Trinajstić information content (AvgIpc) is 2.72. The maximum absolute atomic E-state index is 13.9. The molecule has 0 unspecified atom stereocenters. The van der Waals surface area contributed by atoms with Crippen molar-refractivity contribution in [3.8, 4) is 5.69 Å². The van der Waals surface area contributed by atoms with Gasteiger partial charge in [-0.2, -0.15) is 0 Å². The van der Waals surface area contributed by atoms with E-state index in [2.05, 4.69) is 31.6 Å². The van der Waals surface area contributed by atoms with Crippen molar-refractivity contribution in [1.29, 1.82) is 0 Å². The van der Waals surface area contributed by atoms with Crippen LogP contribution in [0.5, 0.6) is 0 Å². The molecule has 2 rings (SSSR count). The van der Waals surface area contributed by atoms with E-state index in [1.807, 2.05) is 20.8 Å². The maximum atomic E-state index is 13.9. The van der Waals surface area contributed by atoms with Crippen molar-refractivity contribution in [2.45, 2.75) is 32.9 Å². The molecule has 1 N–H and O–H groups in total. The summed E-state index contributed by atoms with van der Waals surface area (Å²) in [4.78, 5) is 0. The molecule has 4 nitrogen and oxygen atoms in total. The standard InChI is InChI=1S/C13H15BrF2N4/c1-13(2,3)17-6-9-7-18-19-20(9)12-10(14)4-8(15)5-11(12)16/h4-5,7,17H,6H2,1-3H3. The molecule has 0 saturated heterocycles. The lowest BCUT2D eigenvalue weighted by Gasteiger charge is -2.20. The minimum absolute atomic E-state index is 0.0896. The second kappa shape index (κ2) is 5.57. The minimum Gasteiger partial charge on any atom is -0.306 e. The number of rotatable bonds is 3. The highest BCUT2D eigenvalue weighted by atomic mass is 79.9. The summed E-state index contributed by atoms with van der Waals surface area (Å²) in [7, 11) is 0. The lowest BCUT2D eigenvalue weighted by atomic mass is 10.1. The van der Waals surface area contributed by atoms with Crippen LogP contribution in [0.15, 0.2) is 22.8 Å². The largest absolute Gasteiger partial charge is 0.306 e. The molecule has 0 saturated carbocycles. The van der Waals surface area contributed by atoms with Gasteiger partial charge in [0.05, 0.1) is 11.9 Å². The first-order valence-electron chi connectivity index (χ1n) is 6.07. The zero-order valence-corrected chi connectivity index (χ0v) is 13.0. The second-order valence-electron chi connectivity index (χ2n) is 5.46. The summed E-state index contributed by atoms with van der Waals surface area (Å²) >= 11 is 3.16. The van der Waals surface area contributed by atoms with Gasteiger partial charge in [0.2, 0.25) is 0 Å². The number of hydrogen-bond donors (Lipinski definition) is 1. The lowest BCUT2D eigenvalue weighted by Crippen LogP contribution is -2.35. The quantitative estimate of drug-likeness (QED) is 0.929. The summed E-state index contributed by atoms with van der Waals surface area (Å²) in [6.07, 6.45) is 1.55. The van der Waals surface area contributed by atoms with Crippen molar-refractivity contribution in [2.75, 3.05) is 0 Å². The van der Waals surface area contributed by atoms with Crippen LogP contribution in [0.2, 0.25) is 0 Å². The van der Waals surface area contributed by atoms with Crippen molar-refractivity contribution in [3.05, 3.63) is 40.1 Å². The zero-order valence-electron chi connectivity index (χ0n) is 11.4. The Morgan fingerprint density at radius 1 is 1.30 bits per heavy atom. The van der Waals surface area contributed by atoms with Crippen molar-refractivity contribution in [3.63, 3.8) is 0 Å². The molecule has 20 heavy (non-hydrogen) atoms. The third kappa shape index (κ3) is 3.40. The normalized spacial score (nSPS) is 11.9. The van der Waals surface area contributed by atoms with Crippen molar-refractivity contribution in [2.24, 2.45) is 0 Å². The smallest absolute Gasteiger partial charge is 0.153 e. The molecule has 0 radical (unpaired) electrons. The molecule has 0 aliphatic rings. The highest BCUT2D eigenvalue weighted by molar-refractivity contribution is 9.10. The SMILES string of the molecule is CC(C)(C)NCc1cnnn1-c1c(F)cc(F)cc1Br. The van der Waals surface area contributed by atoms with E-state index in [0.29, 0.717) is 12.2 Å². The third-order valence-electron chi connectivity index (χ3n) is 2.61. The van der Waals surface area contributed by atoms with Gasteiger partial charge in [0.15, 0.2) is 5.82 Å². The van der Waals surface area contributed by atoms with E-state index >= 15 is 0 Å². The van der Waals surface area contributed by atoms with E-state index in [9.17, 15) is 8.78 Å². The zero-order chi connectivity index (χ0) is 14.9. The van der Waals surface area contributed by atoms with Gasteiger partial charge in [-0.25, -0.2) is 13.5 Å². The molecule has 0 atom stereocenters. The molecule has 0 bridgehead atoms. The number of benzene rings is 1. The van der Waals surface area contributed by atoms with Crippen LogP contribution in [0.4, 0.5) is 8.78 Å². The fourth-order valence-electron chi connectivity index (χ4n) is 1.66. The third-order valence-corrected chi connectivity index (χ3v) is 3.22. The Hall–Kier alpha value is -1.34. The van der Waals surface area contributed by atoms with E-state index in [4.69, 9.17) is 0 Å². The van der Waals surface area contributed by atoms with E-state index in [1.54, 1.807) is 6.20 Å². The summed E-state index contributed by atoms with van der Waals surface area (Å²) in [6.45, 7) is 6.54. The van der Waals surface area contributed by atoms with Crippen molar-refractivity contribution in [1.82, 2.24) is 20.3 Å². The Kier molecular flexibility index (Phi) is 4.19. The van der Waals surface area contributed by atoms with Crippen LogP contribution in [-0.2, 0) is 6.54 Å². The van der Waals surface area contributed by atoms with E-state index in [0.717, 1.165) is 6.07 Å². The predicted molar refractivity (Wildman–Crippen MR) is 75.6 cm³/mol. The first kappa shape index (κ1) is 15.1. The Morgan fingerprint density at radius 2 is 2.00 bits per heavy atom. The van der Waals surface area contributed by atoms with Gasteiger partial charge >= 0.3 is 0 Å². The maximum Gasteiger partial charge on any atom is 0.153 e. The molecule has 1 aromatic heterocycles. The molecule has 0 aliphatic heterocycles. The monoisotopic (exact) mass is 344 g/mol. The highest BCUT2D eigenvalue weighted by Gasteiger charge is 2.17. The molecular formula is C13H15BrF2N4. The van der Waals surface area contributed by atoms with Crippen molar-refractivity contribution < 1.29 is 8.78 Å². The molecule has 0 aliphatic carbocycles. The fourth-order valence-corrected chi connectivity index (χ4v) is 2.23. The van der Waals surface area contributed by atoms with Crippen LogP contribution in [0.1, 0.15) is 26.5 Å². The van der Waals surface area contributed by atoms with E-state index in [-0.39, 0.29) is 15.7 Å². The van der Waals surface area contributed by atoms with Gasteiger partial charge in [0.1, 0.15) is 11.5 Å². The van der Waals surface area contributed by atoms with Crippen LogP contribution < -0.4 is 5.32 Å². The van der Waals surface area contributed by atoms with Crippen LogP contribution in [0.25, 0.3) is 5.69 Å². The number of nitrogens with zero attached hydrogens (tertiary/aromatic N) is 3. The Balaban J connectivity index is 2.38. The van der Waals surface area contributed by atoms with Gasteiger partial charge in [-0.05, 0) is 42.8 Å². The summed E-state index contributed by atoms with van der Waals surface area (Å²) < 4.78 is 28.7. The van der Waals surface area contributed by atoms with Gasteiger partial charge in [0, 0.05) is 22.6 Å². The molecule has 1 aromatic carbocycles. The second-order valence-corrected chi connectivity index (χ2v) is 6.31. The van der Waals surface area contributed by atoms with Crippen molar-refractivity contribution >= 4 is 15.9 Å².